The molecule has 8 heteroatoms. The van der Waals surface area contributed by atoms with Gasteiger partial charge >= 0.3 is 5.97 Å². The second-order valence-electron chi connectivity index (χ2n) is 7.75. The van der Waals surface area contributed by atoms with Gasteiger partial charge in [-0.15, -0.1) is 0 Å². The van der Waals surface area contributed by atoms with Crippen LogP contribution < -0.4 is 10.6 Å². The van der Waals surface area contributed by atoms with Crippen LogP contribution in [0, 0.1) is 11.8 Å². The summed E-state index contributed by atoms with van der Waals surface area (Å²) in [6.07, 6.45) is 4.94. The summed E-state index contributed by atoms with van der Waals surface area (Å²) in [7, 11) is 1.34. The third-order valence-corrected chi connectivity index (χ3v) is 5.38. The molecule has 2 atom stereocenters. The maximum absolute atomic E-state index is 11.8. The average molecular weight is 382 g/mol. The van der Waals surface area contributed by atoms with Gasteiger partial charge in [-0.3, -0.25) is 0 Å². The Morgan fingerprint density at radius 1 is 0.964 bits per heavy atom. The standard InChI is InChI=1S/C20H26N6O2/c1-11(13-7-8-13)21-19-24-17(15-5-4-6-16(23-15)18(27)28-3)25-20(26-19)22-12(2)14-9-10-14/h4-6,11-14H,7-10H2,1-3H3,(H2,21,22,24,25,26). The molecule has 2 heterocycles. The van der Waals surface area contributed by atoms with E-state index in [2.05, 4.69) is 44.4 Å². The van der Waals surface area contributed by atoms with Crippen LogP contribution in [0.5, 0.6) is 0 Å². The number of hydrogen-bond acceptors (Lipinski definition) is 8. The highest BCUT2D eigenvalue weighted by Crippen LogP contribution is 2.35. The number of rotatable bonds is 8. The summed E-state index contributed by atoms with van der Waals surface area (Å²) in [6.45, 7) is 4.30. The van der Waals surface area contributed by atoms with Crippen LogP contribution in [0.15, 0.2) is 18.2 Å². The Balaban J connectivity index is 1.65. The van der Waals surface area contributed by atoms with Crippen LogP contribution in [0.4, 0.5) is 11.9 Å². The molecule has 2 aliphatic carbocycles. The lowest BCUT2D eigenvalue weighted by Crippen LogP contribution is -2.23. The maximum Gasteiger partial charge on any atom is 0.356 e. The molecule has 2 aromatic rings. The number of hydrogen-bond donors (Lipinski definition) is 2. The molecule has 2 N–H and O–H groups in total. The van der Waals surface area contributed by atoms with Crippen LogP contribution in [0.3, 0.4) is 0 Å². The zero-order valence-electron chi connectivity index (χ0n) is 16.5. The fourth-order valence-corrected chi connectivity index (χ4v) is 3.23. The topological polar surface area (TPSA) is 102 Å². The van der Waals surface area contributed by atoms with Crippen LogP contribution in [0.2, 0.25) is 0 Å². The Labute approximate surface area is 164 Å². The first kappa shape index (κ1) is 18.6. The molecule has 148 valence electrons. The molecule has 2 aromatic heterocycles. The van der Waals surface area contributed by atoms with Gasteiger partial charge in [0.1, 0.15) is 11.4 Å². The quantitative estimate of drug-likeness (QED) is 0.672. The Morgan fingerprint density at radius 3 is 2.04 bits per heavy atom. The van der Waals surface area contributed by atoms with E-state index in [0.717, 1.165) is 0 Å². The number of nitrogens with one attached hydrogen (secondary N) is 2. The lowest BCUT2D eigenvalue weighted by molar-refractivity contribution is 0.0594. The number of esters is 1. The SMILES string of the molecule is COC(=O)c1cccc(-c2nc(NC(C)C3CC3)nc(NC(C)C3CC3)n2)n1. The molecule has 0 amide bonds. The Morgan fingerprint density at radius 2 is 1.54 bits per heavy atom. The van der Waals surface area contributed by atoms with Crippen LogP contribution in [0.25, 0.3) is 11.5 Å². The van der Waals surface area contributed by atoms with E-state index in [-0.39, 0.29) is 5.69 Å². The summed E-state index contributed by atoms with van der Waals surface area (Å²) >= 11 is 0. The monoisotopic (exact) mass is 382 g/mol. The molecule has 28 heavy (non-hydrogen) atoms. The first-order valence-electron chi connectivity index (χ1n) is 9.88. The van der Waals surface area contributed by atoms with Crippen molar-refractivity contribution in [3.8, 4) is 11.5 Å². The van der Waals surface area contributed by atoms with Crippen molar-refractivity contribution in [1.29, 1.82) is 0 Å². The molecule has 8 nitrogen and oxygen atoms in total. The predicted molar refractivity (Wildman–Crippen MR) is 106 cm³/mol. The van der Waals surface area contributed by atoms with E-state index in [4.69, 9.17) is 4.74 Å². The van der Waals surface area contributed by atoms with E-state index < -0.39 is 5.97 Å². The predicted octanol–water partition coefficient (Wildman–Crippen LogP) is 3.14. The largest absolute Gasteiger partial charge is 0.464 e. The van der Waals surface area contributed by atoms with Gasteiger partial charge in [-0.05, 0) is 63.5 Å². The molecule has 2 unspecified atom stereocenters. The minimum atomic E-state index is -0.489. The highest BCUT2D eigenvalue weighted by molar-refractivity contribution is 5.87. The molecule has 0 aromatic carbocycles. The molecular weight excluding hydrogens is 356 g/mol. The van der Waals surface area contributed by atoms with Crippen LogP contribution >= 0.6 is 0 Å². The summed E-state index contributed by atoms with van der Waals surface area (Å²) in [5.41, 5.74) is 0.733. The highest BCUT2D eigenvalue weighted by atomic mass is 16.5. The molecule has 0 saturated heterocycles. The van der Waals surface area contributed by atoms with Crippen molar-refractivity contribution >= 4 is 17.9 Å². The van der Waals surface area contributed by atoms with E-state index >= 15 is 0 Å². The van der Waals surface area contributed by atoms with Gasteiger partial charge in [-0.1, -0.05) is 6.07 Å². The summed E-state index contributed by atoms with van der Waals surface area (Å²) in [4.78, 5) is 29.9. The van der Waals surface area contributed by atoms with Gasteiger partial charge in [0.15, 0.2) is 5.82 Å². The summed E-state index contributed by atoms with van der Waals surface area (Å²) in [5, 5.41) is 6.80. The van der Waals surface area contributed by atoms with Crippen molar-refractivity contribution in [3.63, 3.8) is 0 Å². The smallest absolute Gasteiger partial charge is 0.356 e. The van der Waals surface area contributed by atoms with Gasteiger partial charge < -0.3 is 15.4 Å². The Hall–Kier alpha value is -2.77. The van der Waals surface area contributed by atoms with E-state index in [9.17, 15) is 4.79 Å². The first-order valence-corrected chi connectivity index (χ1v) is 9.88. The van der Waals surface area contributed by atoms with Gasteiger partial charge in [0.2, 0.25) is 11.9 Å². The lowest BCUT2D eigenvalue weighted by atomic mass is 10.2. The molecule has 2 saturated carbocycles. The molecule has 4 rings (SSSR count). The molecule has 2 aliphatic rings. The van der Waals surface area contributed by atoms with E-state index in [0.29, 0.717) is 47.3 Å². The van der Waals surface area contributed by atoms with Crippen LogP contribution in [-0.4, -0.2) is 45.1 Å². The van der Waals surface area contributed by atoms with Gasteiger partial charge in [0.25, 0.3) is 0 Å². The molecule has 0 bridgehead atoms. The number of anilines is 2. The third kappa shape index (κ3) is 4.37. The fraction of sp³-hybridized carbons (Fsp3) is 0.550. The minimum absolute atomic E-state index is 0.224. The van der Waals surface area contributed by atoms with Crippen molar-refractivity contribution in [3.05, 3.63) is 23.9 Å². The average Bonchev–Trinajstić information content (AvgIpc) is 3.59. The second kappa shape index (κ2) is 7.69. The van der Waals surface area contributed by atoms with Crippen molar-refractivity contribution in [2.45, 2.75) is 51.6 Å². The molecule has 0 spiro atoms. The molecule has 0 radical (unpaired) electrons. The van der Waals surface area contributed by atoms with E-state index in [1.54, 1.807) is 18.2 Å². The number of ether oxygens (including phenoxy) is 1. The van der Waals surface area contributed by atoms with Gasteiger partial charge in [-0.2, -0.15) is 15.0 Å². The number of nitrogens with zero attached hydrogens (tertiary/aromatic N) is 4. The first-order chi connectivity index (χ1) is 13.5. The Kier molecular flexibility index (Phi) is 5.11. The number of carbonyl (C=O) groups is 1. The normalized spacial score (nSPS) is 18.2. The van der Waals surface area contributed by atoms with Crippen molar-refractivity contribution < 1.29 is 9.53 Å². The maximum atomic E-state index is 11.8. The molecular formula is C20H26N6O2. The molecule has 2 fully saturated rings. The zero-order chi connectivity index (χ0) is 19.7. The van der Waals surface area contributed by atoms with Crippen LogP contribution in [-0.2, 0) is 4.74 Å². The number of carbonyl (C=O) groups excluding carboxylic acids is 1. The Bertz CT molecular complexity index is 827. The van der Waals surface area contributed by atoms with Crippen molar-refractivity contribution in [2.75, 3.05) is 17.7 Å². The van der Waals surface area contributed by atoms with Crippen molar-refractivity contribution in [2.24, 2.45) is 11.8 Å². The number of aromatic nitrogens is 4. The second-order valence-corrected chi connectivity index (χ2v) is 7.75. The summed E-state index contributed by atoms with van der Waals surface area (Å²) in [5.74, 6) is 2.33. The van der Waals surface area contributed by atoms with E-state index in [1.807, 2.05) is 0 Å². The lowest BCUT2D eigenvalue weighted by Gasteiger charge is -2.17. The van der Waals surface area contributed by atoms with Gasteiger partial charge in [0, 0.05) is 12.1 Å². The highest BCUT2D eigenvalue weighted by Gasteiger charge is 2.30. The zero-order valence-corrected chi connectivity index (χ0v) is 16.5. The van der Waals surface area contributed by atoms with Crippen LogP contribution in [0.1, 0.15) is 50.0 Å². The third-order valence-electron chi connectivity index (χ3n) is 5.38. The number of methoxy groups -OCH3 is 1. The van der Waals surface area contributed by atoms with Gasteiger partial charge in [0.05, 0.1) is 7.11 Å². The minimum Gasteiger partial charge on any atom is -0.464 e. The van der Waals surface area contributed by atoms with Crippen molar-refractivity contribution in [1.82, 2.24) is 19.9 Å². The van der Waals surface area contributed by atoms with E-state index in [1.165, 1.54) is 32.8 Å². The summed E-state index contributed by atoms with van der Waals surface area (Å²) in [6, 6.07) is 5.75. The fourth-order valence-electron chi connectivity index (χ4n) is 3.23. The summed E-state index contributed by atoms with van der Waals surface area (Å²) < 4.78 is 4.77. The van der Waals surface area contributed by atoms with Gasteiger partial charge in [-0.25, -0.2) is 9.78 Å². The molecule has 0 aliphatic heterocycles. The number of pyridine rings is 1.